The normalized spacial score (nSPS) is 14.7. The number of rotatable bonds is 7. The number of benzene rings is 1. The Labute approximate surface area is 169 Å². The second-order valence-corrected chi connectivity index (χ2v) is 7.36. The van der Waals surface area contributed by atoms with Gasteiger partial charge in [-0.3, -0.25) is 14.6 Å². The van der Waals surface area contributed by atoms with E-state index in [0.29, 0.717) is 23.3 Å². The minimum absolute atomic E-state index is 0.156. The summed E-state index contributed by atoms with van der Waals surface area (Å²) < 4.78 is 7.66. The number of nitrogens with zero attached hydrogens (tertiary/aromatic N) is 4. The zero-order valence-electron chi connectivity index (χ0n) is 16.6. The van der Waals surface area contributed by atoms with Crippen molar-refractivity contribution in [1.82, 2.24) is 30.3 Å². The van der Waals surface area contributed by atoms with Gasteiger partial charge in [0.05, 0.1) is 24.3 Å². The Bertz CT molecular complexity index is 943. The smallest absolute Gasteiger partial charge is 0.255 e. The molecule has 2 N–H and O–H groups in total. The predicted octanol–water partition coefficient (Wildman–Crippen LogP) is 3.32. The first kappa shape index (κ1) is 19.2. The van der Waals surface area contributed by atoms with Gasteiger partial charge in [0.1, 0.15) is 12.4 Å². The lowest BCUT2D eigenvalue weighted by molar-refractivity contribution is 0.0949. The molecule has 0 unspecified atom stereocenters. The van der Waals surface area contributed by atoms with E-state index < -0.39 is 0 Å². The molecule has 0 spiro atoms. The highest BCUT2D eigenvalue weighted by atomic mass is 16.5. The van der Waals surface area contributed by atoms with E-state index >= 15 is 0 Å². The molecule has 0 radical (unpaired) electrons. The van der Waals surface area contributed by atoms with Gasteiger partial charge >= 0.3 is 0 Å². The molecular weight excluding hydrogens is 368 g/mol. The standard InChI is InChI=1S/C21H26N6O2/c1-15-18(12-23-27(15)16-8-4-2-5-9-16)21(28)22-13-19-24-20(26-25-19)14-29-17-10-6-3-7-11-17/h3,6-7,10-12,16H,2,4-5,8-9,13-14H2,1H3,(H,22,28)(H,24,25,26). The van der Waals surface area contributed by atoms with Crippen molar-refractivity contribution in [2.24, 2.45) is 0 Å². The predicted molar refractivity (Wildman–Crippen MR) is 107 cm³/mol. The van der Waals surface area contributed by atoms with E-state index in [1.807, 2.05) is 41.9 Å². The van der Waals surface area contributed by atoms with E-state index in [4.69, 9.17) is 4.74 Å². The number of aromatic amines is 1. The maximum atomic E-state index is 12.6. The number of carbonyl (C=O) groups is 1. The van der Waals surface area contributed by atoms with Crippen molar-refractivity contribution >= 4 is 5.91 Å². The van der Waals surface area contributed by atoms with E-state index in [-0.39, 0.29) is 19.1 Å². The largest absolute Gasteiger partial charge is 0.486 e. The summed E-state index contributed by atoms with van der Waals surface area (Å²) in [5.41, 5.74) is 1.53. The lowest BCUT2D eigenvalue weighted by Crippen LogP contribution is -2.24. The molecule has 0 bridgehead atoms. The highest BCUT2D eigenvalue weighted by molar-refractivity contribution is 5.94. The van der Waals surface area contributed by atoms with Gasteiger partial charge in [-0.15, -0.1) is 0 Å². The third-order valence-electron chi connectivity index (χ3n) is 5.31. The molecule has 1 amide bonds. The van der Waals surface area contributed by atoms with Gasteiger partial charge in [0.25, 0.3) is 5.91 Å². The van der Waals surface area contributed by atoms with E-state index in [9.17, 15) is 4.79 Å². The molecule has 1 aliphatic carbocycles. The molecule has 29 heavy (non-hydrogen) atoms. The van der Waals surface area contributed by atoms with Gasteiger partial charge in [-0.2, -0.15) is 10.2 Å². The van der Waals surface area contributed by atoms with E-state index in [0.717, 1.165) is 24.3 Å². The summed E-state index contributed by atoms with van der Waals surface area (Å²) in [5, 5.41) is 14.3. The fourth-order valence-corrected chi connectivity index (χ4v) is 3.74. The van der Waals surface area contributed by atoms with Crippen molar-refractivity contribution in [3.05, 3.63) is 59.4 Å². The zero-order chi connectivity index (χ0) is 20.1. The second kappa shape index (κ2) is 8.89. The summed E-state index contributed by atoms with van der Waals surface area (Å²) in [7, 11) is 0. The van der Waals surface area contributed by atoms with Gasteiger partial charge in [0.2, 0.25) is 0 Å². The third-order valence-corrected chi connectivity index (χ3v) is 5.31. The van der Waals surface area contributed by atoms with Crippen LogP contribution in [0, 0.1) is 6.92 Å². The minimum atomic E-state index is -0.156. The number of aromatic nitrogens is 5. The summed E-state index contributed by atoms with van der Waals surface area (Å²) in [5.74, 6) is 1.74. The first-order chi connectivity index (χ1) is 14.2. The molecule has 3 aromatic rings. The van der Waals surface area contributed by atoms with E-state index in [1.54, 1.807) is 6.20 Å². The first-order valence-electron chi connectivity index (χ1n) is 10.1. The van der Waals surface area contributed by atoms with Crippen molar-refractivity contribution in [3.8, 4) is 5.75 Å². The monoisotopic (exact) mass is 394 g/mol. The summed E-state index contributed by atoms with van der Waals surface area (Å²) in [6, 6.07) is 9.93. The lowest BCUT2D eigenvalue weighted by Gasteiger charge is -2.23. The van der Waals surface area contributed by atoms with Crippen LogP contribution in [-0.2, 0) is 13.2 Å². The molecule has 8 nitrogen and oxygen atoms in total. The average molecular weight is 394 g/mol. The summed E-state index contributed by atoms with van der Waals surface area (Å²) in [6.07, 6.45) is 7.68. The zero-order valence-corrected chi connectivity index (χ0v) is 16.6. The third kappa shape index (κ3) is 4.64. The fraction of sp³-hybridized carbons (Fsp3) is 0.429. The molecule has 2 aromatic heterocycles. The molecule has 0 aliphatic heterocycles. The van der Waals surface area contributed by atoms with Gasteiger partial charge in [0.15, 0.2) is 11.6 Å². The van der Waals surface area contributed by atoms with Crippen LogP contribution in [0.25, 0.3) is 0 Å². The van der Waals surface area contributed by atoms with Crippen LogP contribution >= 0.6 is 0 Å². The van der Waals surface area contributed by atoms with Crippen LogP contribution in [0.4, 0.5) is 0 Å². The minimum Gasteiger partial charge on any atom is -0.486 e. The van der Waals surface area contributed by atoms with E-state index in [2.05, 4.69) is 25.6 Å². The number of nitrogens with one attached hydrogen (secondary N) is 2. The van der Waals surface area contributed by atoms with Crippen molar-refractivity contribution in [2.45, 2.75) is 58.2 Å². The molecule has 1 aliphatic rings. The lowest BCUT2D eigenvalue weighted by atomic mass is 9.95. The molecule has 0 atom stereocenters. The first-order valence-corrected chi connectivity index (χ1v) is 10.1. The van der Waals surface area contributed by atoms with Crippen molar-refractivity contribution in [1.29, 1.82) is 0 Å². The van der Waals surface area contributed by atoms with Gasteiger partial charge in [-0.05, 0) is 31.9 Å². The maximum Gasteiger partial charge on any atom is 0.255 e. The molecule has 4 rings (SSSR count). The van der Waals surface area contributed by atoms with Crippen LogP contribution < -0.4 is 10.1 Å². The van der Waals surface area contributed by atoms with E-state index in [1.165, 1.54) is 19.3 Å². The Morgan fingerprint density at radius 2 is 2.03 bits per heavy atom. The SMILES string of the molecule is Cc1c(C(=O)NCc2n[nH]c(COc3ccccc3)n2)cnn1C1CCCCC1. The van der Waals surface area contributed by atoms with Gasteiger partial charge < -0.3 is 10.1 Å². The molecule has 8 heteroatoms. The summed E-state index contributed by atoms with van der Waals surface area (Å²) in [6.45, 7) is 2.50. The average Bonchev–Trinajstić information content (AvgIpc) is 3.38. The number of carbonyl (C=O) groups excluding carboxylic acids is 1. The molecule has 1 saturated carbocycles. The van der Waals surface area contributed by atoms with Crippen LogP contribution in [0.15, 0.2) is 36.5 Å². The van der Waals surface area contributed by atoms with Crippen LogP contribution in [-0.4, -0.2) is 30.9 Å². The van der Waals surface area contributed by atoms with Crippen LogP contribution in [0.2, 0.25) is 0 Å². The van der Waals surface area contributed by atoms with Crippen molar-refractivity contribution < 1.29 is 9.53 Å². The number of amides is 1. The molecule has 1 aromatic carbocycles. The van der Waals surface area contributed by atoms with Gasteiger partial charge in [-0.25, -0.2) is 4.98 Å². The molecular formula is C21H26N6O2. The molecule has 1 fully saturated rings. The number of hydrogen-bond acceptors (Lipinski definition) is 5. The molecule has 2 heterocycles. The highest BCUT2D eigenvalue weighted by Crippen LogP contribution is 2.29. The van der Waals surface area contributed by atoms with Gasteiger partial charge in [-0.1, -0.05) is 37.5 Å². The number of ether oxygens (including phenoxy) is 1. The number of H-pyrrole nitrogens is 1. The Morgan fingerprint density at radius 3 is 2.83 bits per heavy atom. The Hall–Kier alpha value is -3.16. The molecule has 152 valence electrons. The van der Waals surface area contributed by atoms with Crippen molar-refractivity contribution in [3.63, 3.8) is 0 Å². The Balaban J connectivity index is 1.31. The molecule has 0 saturated heterocycles. The maximum absolute atomic E-state index is 12.6. The van der Waals surface area contributed by atoms with Crippen LogP contribution in [0.5, 0.6) is 5.75 Å². The topological polar surface area (TPSA) is 97.7 Å². The highest BCUT2D eigenvalue weighted by Gasteiger charge is 2.21. The second-order valence-electron chi connectivity index (χ2n) is 7.36. The fourth-order valence-electron chi connectivity index (χ4n) is 3.74. The van der Waals surface area contributed by atoms with Crippen LogP contribution in [0.3, 0.4) is 0 Å². The summed E-state index contributed by atoms with van der Waals surface area (Å²) in [4.78, 5) is 17.0. The van der Waals surface area contributed by atoms with Crippen LogP contribution in [0.1, 0.15) is 65.8 Å². The van der Waals surface area contributed by atoms with Gasteiger partial charge in [0, 0.05) is 5.69 Å². The van der Waals surface area contributed by atoms with Crippen molar-refractivity contribution in [2.75, 3.05) is 0 Å². The number of para-hydroxylation sites is 1. The number of hydrogen-bond donors (Lipinski definition) is 2. The quantitative estimate of drug-likeness (QED) is 0.641. The summed E-state index contributed by atoms with van der Waals surface area (Å²) >= 11 is 0. The Kier molecular flexibility index (Phi) is 5.88. The Morgan fingerprint density at radius 1 is 1.24 bits per heavy atom.